The number of esters is 1. The van der Waals surface area contributed by atoms with Gasteiger partial charge in [-0.05, 0) is 6.92 Å². The molecule has 1 aromatic heterocycles. The van der Waals surface area contributed by atoms with Crippen LogP contribution >= 0.6 is 0 Å². The molecule has 1 aliphatic heterocycles. The Kier molecular flexibility index (Phi) is 8.24. The molecule has 0 spiro atoms. The van der Waals surface area contributed by atoms with Gasteiger partial charge in [0.2, 0.25) is 11.8 Å². The summed E-state index contributed by atoms with van der Waals surface area (Å²) >= 11 is 0. The van der Waals surface area contributed by atoms with Gasteiger partial charge >= 0.3 is 5.97 Å². The Labute approximate surface area is 164 Å². The Morgan fingerprint density at radius 2 is 1.89 bits per heavy atom. The van der Waals surface area contributed by atoms with Gasteiger partial charge in [0.05, 0.1) is 20.1 Å². The van der Waals surface area contributed by atoms with Crippen LogP contribution in [-0.2, 0) is 21.4 Å². The molecule has 0 saturated carbocycles. The van der Waals surface area contributed by atoms with Crippen LogP contribution in [0.2, 0.25) is 0 Å². The van der Waals surface area contributed by atoms with Crippen molar-refractivity contribution >= 4 is 17.8 Å². The average molecular weight is 395 g/mol. The predicted molar refractivity (Wildman–Crippen MR) is 101 cm³/mol. The summed E-state index contributed by atoms with van der Waals surface area (Å²) < 4.78 is 11.5. The van der Waals surface area contributed by atoms with E-state index in [2.05, 4.69) is 15.3 Å². The van der Waals surface area contributed by atoms with Gasteiger partial charge < -0.3 is 19.7 Å². The van der Waals surface area contributed by atoms with Crippen LogP contribution in [0.25, 0.3) is 0 Å². The zero-order valence-electron chi connectivity index (χ0n) is 16.8. The van der Waals surface area contributed by atoms with Gasteiger partial charge in [0.1, 0.15) is 5.56 Å². The summed E-state index contributed by atoms with van der Waals surface area (Å²) in [6.07, 6.45) is 1.89. The molecule has 2 rings (SSSR count). The van der Waals surface area contributed by atoms with Gasteiger partial charge in [0.25, 0.3) is 5.91 Å². The number of rotatable bonds is 9. The number of hydrogen-bond donors (Lipinski definition) is 1. The molecule has 0 radical (unpaired) electrons. The van der Waals surface area contributed by atoms with E-state index in [9.17, 15) is 14.4 Å². The normalized spacial score (nSPS) is 14.6. The Bertz CT molecular complexity index is 682. The molecule has 10 nitrogen and oxygen atoms in total. The maximum Gasteiger partial charge on any atom is 0.306 e. The summed E-state index contributed by atoms with van der Waals surface area (Å²) in [6, 6.07) is 0. The fraction of sp³-hybridized carbons (Fsp3) is 0.667. The molecule has 156 valence electrons. The second-order valence-electron chi connectivity index (χ2n) is 6.51. The first-order valence-electron chi connectivity index (χ1n) is 9.46. The van der Waals surface area contributed by atoms with Gasteiger partial charge in [-0.3, -0.25) is 24.0 Å². The molecule has 10 heteroatoms. The van der Waals surface area contributed by atoms with Gasteiger partial charge in [-0.25, -0.2) is 0 Å². The quantitative estimate of drug-likeness (QED) is 0.570. The molecule has 0 bridgehead atoms. The first-order valence-corrected chi connectivity index (χ1v) is 9.46. The van der Waals surface area contributed by atoms with Gasteiger partial charge in [0.15, 0.2) is 0 Å². The molecule has 0 unspecified atom stereocenters. The van der Waals surface area contributed by atoms with Crippen LogP contribution in [-0.4, -0.2) is 90.3 Å². The van der Waals surface area contributed by atoms with Crippen molar-refractivity contribution in [2.24, 2.45) is 7.05 Å². The topological polar surface area (TPSA) is 106 Å². The summed E-state index contributed by atoms with van der Waals surface area (Å²) in [5.41, 5.74) is 0.465. The second-order valence-corrected chi connectivity index (χ2v) is 6.51. The molecular weight excluding hydrogens is 366 g/mol. The van der Waals surface area contributed by atoms with Crippen LogP contribution in [0, 0.1) is 0 Å². The first-order chi connectivity index (χ1) is 13.4. The number of piperazine rings is 1. The van der Waals surface area contributed by atoms with Gasteiger partial charge in [0, 0.05) is 58.9 Å². The summed E-state index contributed by atoms with van der Waals surface area (Å²) in [5.74, 6) is -0.272. The fourth-order valence-corrected chi connectivity index (χ4v) is 3.00. The highest BCUT2D eigenvalue weighted by Crippen LogP contribution is 2.18. The average Bonchev–Trinajstić information content (AvgIpc) is 3.07. The standard InChI is InChI=1S/C18H29N5O5/c1-4-28-16(25)6-5-15(24)19-7-8-22-9-11-23(12-10-22)18(26)14-13-21(2)20-17(14)27-3/h13H,4-12H2,1-3H3,(H,19,24). The number of amides is 2. The third kappa shape index (κ3) is 6.22. The molecule has 0 atom stereocenters. The highest BCUT2D eigenvalue weighted by molar-refractivity contribution is 5.96. The Hall–Kier alpha value is -2.62. The molecule has 1 saturated heterocycles. The molecule has 0 aliphatic carbocycles. The van der Waals surface area contributed by atoms with Crippen LogP contribution in [0.5, 0.6) is 5.88 Å². The lowest BCUT2D eigenvalue weighted by molar-refractivity contribution is -0.144. The molecule has 1 N–H and O–H groups in total. The number of carbonyl (C=O) groups excluding carboxylic acids is 3. The second kappa shape index (κ2) is 10.6. The predicted octanol–water partition coefficient (Wildman–Crippen LogP) is -0.354. The molecule has 2 heterocycles. The van der Waals surface area contributed by atoms with Crippen molar-refractivity contribution in [3.05, 3.63) is 11.8 Å². The van der Waals surface area contributed by atoms with E-state index in [1.54, 1.807) is 29.7 Å². The molecule has 2 amide bonds. The maximum absolute atomic E-state index is 12.7. The number of nitrogens with one attached hydrogen (secondary N) is 1. The number of ether oxygens (including phenoxy) is 2. The monoisotopic (exact) mass is 395 g/mol. The van der Waals surface area contributed by atoms with E-state index in [0.717, 1.165) is 13.1 Å². The number of hydrogen-bond acceptors (Lipinski definition) is 7. The van der Waals surface area contributed by atoms with E-state index in [0.29, 0.717) is 44.2 Å². The fourth-order valence-electron chi connectivity index (χ4n) is 3.00. The van der Waals surface area contributed by atoms with Crippen molar-refractivity contribution in [1.82, 2.24) is 24.9 Å². The maximum atomic E-state index is 12.7. The van der Waals surface area contributed by atoms with Crippen molar-refractivity contribution in [2.75, 3.05) is 53.0 Å². The zero-order chi connectivity index (χ0) is 20.5. The SMILES string of the molecule is CCOC(=O)CCC(=O)NCCN1CCN(C(=O)c2cn(C)nc2OC)CC1. The Morgan fingerprint density at radius 1 is 1.18 bits per heavy atom. The van der Waals surface area contributed by atoms with E-state index in [1.807, 2.05) is 0 Å². The molecule has 1 fully saturated rings. The number of carbonyl (C=O) groups is 3. The number of nitrogens with zero attached hydrogens (tertiary/aromatic N) is 4. The van der Waals surface area contributed by atoms with Crippen LogP contribution in [0.3, 0.4) is 0 Å². The van der Waals surface area contributed by atoms with Gasteiger partial charge in [-0.2, -0.15) is 0 Å². The molecule has 1 aliphatic rings. The minimum Gasteiger partial charge on any atom is -0.479 e. The van der Waals surface area contributed by atoms with Crippen molar-refractivity contribution < 1.29 is 23.9 Å². The molecule has 28 heavy (non-hydrogen) atoms. The summed E-state index contributed by atoms with van der Waals surface area (Å²) in [4.78, 5) is 39.6. The minimum absolute atomic E-state index is 0.0862. The lowest BCUT2D eigenvalue weighted by atomic mass is 10.2. The van der Waals surface area contributed by atoms with Crippen LogP contribution in [0.15, 0.2) is 6.20 Å². The highest BCUT2D eigenvalue weighted by Gasteiger charge is 2.26. The lowest BCUT2D eigenvalue weighted by Crippen LogP contribution is -2.50. The van der Waals surface area contributed by atoms with E-state index in [-0.39, 0.29) is 30.6 Å². The first kappa shape index (κ1) is 21.7. The summed E-state index contributed by atoms with van der Waals surface area (Å²) in [5, 5.41) is 6.93. The van der Waals surface area contributed by atoms with Crippen molar-refractivity contribution in [3.8, 4) is 5.88 Å². The molecular formula is C18H29N5O5. The zero-order valence-corrected chi connectivity index (χ0v) is 16.8. The lowest BCUT2D eigenvalue weighted by Gasteiger charge is -2.34. The van der Waals surface area contributed by atoms with E-state index >= 15 is 0 Å². The van der Waals surface area contributed by atoms with Gasteiger partial charge in [-0.1, -0.05) is 0 Å². The van der Waals surface area contributed by atoms with Crippen LogP contribution in [0.4, 0.5) is 0 Å². The Morgan fingerprint density at radius 3 is 2.54 bits per heavy atom. The summed E-state index contributed by atoms with van der Waals surface area (Å²) in [6.45, 7) is 5.93. The Balaban J connectivity index is 1.67. The smallest absolute Gasteiger partial charge is 0.306 e. The number of methoxy groups -OCH3 is 1. The number of aryl methyl sites for hydroxylation is 1. The minimum atomic E-state index is -0.358. The van der Waals surface area contributed by atoms with Crippen LogP contribution < -0.4 is 10.1 Å². The van der Waals surface area contributed by atoms with Crippen molar-refractivity contribution in [1.29, 1.82) is 0 Å². The third-order valence-corrected chi connectivity index (χ3v) is 4.49. The van der Waals surface area contributed by atoms with E-state index < -0.39 is 0 Å². The van der Waals surface area contributed by atoms with Crippen molar-refractivity contribution in [3.63, 3.8) is 0 Å². The number of aromatic nitrogens is 2. The third-order valence-electron chi connectivity index (χ3n) is 4.49. The van der Waals surface area contributed by atoms with E-state index in [4.69, 9.17) is 9.47 Å². The van der Waals surface area contributed by atoms with E-state index in [1.165, 1.54) is 7.11 Å². The molecule has 1 aromatic rings. The van der Waals surface area contributed by atoms with Gasteiger partial charge in [-0.15, -0.1) is 5.10 Å². The largest absolute Gasteiger partial charge is 0.479 e. The highest BCUT2D eigenvalue weighted by atomic mass is 16.5. The van der Waals surface area contributed by atoms with Crippen LogP contribution in [0.1, 0.15) is 30.1 Å². The summed E-state index contributed by atoms with van der Waals surface area (Å²) in [7, 11) is 3.25. The molecule has 0 aromatic carbocycles. The van der Waals surface area contributed by atoms with Crippen molar-refractivity contribution in [2.45, 2.75) is 19.8 Å².